The zero-order chi connectivity index (χ0) is 11.8. The lowest BCUT2D eigenvalue weighted by atomic mass is 10.1. The summed E-state index contributed by atoms with van der Waals surface area (Å²) >= 11 is 11.1. The quantitative estimate of drug-likeness (QED) is 0.762. The van der Waals surface area contributed by atoms with Crippen molar-refractivity contribution < 1.29 is 18.3 Å². The highest BCUT2D eigenvalue weighted by atomic mass is 35.5. The molecule has 0 aliphatic carbocycles. The van der Waals surface area contributed by atoms with E-state index in [-0.39, 0.29) is 15.7 Å². The van der Waals surface area contributed by atoms with E-state index in [2.05, 4.69) is 0 Å². The first-order valence-electron chi connectivity index (χ1n) is 3.72. The lowest BCUT2D eigenvalue weighted by molar-refractivity contribution is -0.206. The fraction of sp³-hybridized carbons (Fsp3) is 0.250. The van der Waals surface area contributed by atoms with Gasteiger partial charge in [0, 0.05) is 0 Å². The van der Waals surface area contributed by atoms with Crippen LogP contribution in [0.1, 0.15) is 11.7 Å². The van der Waals surface area contributed by atoms with Gasteiger partial charge >= 0.3 is 6.18 Å². The van der Waals surface area contributed by atoms with Crippen molar-refractivity contribution in [2.45, 2.75) is 12.3 Å². The molecule has 0 aliphatic rings. The van der Waals surface area contributed by atoms with Crippen LogP contribution in [0, 0.1) is 0 Å². The summed E-state index contributed by atoms with van der Waals surface area (Å²) in [4.78, 5) is 0. The van der Waals surface area contributed by atoms with Crippen molar-refractivity contribution in [2.75, 3.05) is 5.73 Å². The molecule has 0 spiro atoms. The van der Waals surface area contributed by atoms with Crippen LogP contribution in [0.2, 0.25) is 10.0 Å². The highest BCUT2D eigenvalue weighted by Crippen LogP contribution is 2.37. The summed E-state index contributed by atoms with van der Waals surface area (Å²) in [6.07, 6.45) is -7.38. The van der Waals surface area contributed by atoms with Crippen LogP contribution in [0.25, 0.3) is 0 Å². The second kappa shape index (κ2) is 4.08. The molecule has 0 radical (unpaired) electrons. The molecular weight excluding hydrogens is 254 g/mol. The van der Waals surface area contributed by atoms with Gasteiger partial charge in [0.05, 0.1) is 15.7 Å². The molecule has 15 heavy (non-hydrogen) atoms. The van der Waals surface area contributed by atoms with Crippen molar-refractivity contribution in [1.29, 1.82) is 0 Å². The number of halogens is 5. The SMILES string of the molecule is Nc1c(Cl)cc([C@@H](O)C(F)(F)F)cc1Cl. The van der Waals surface area contributed by atoms with E-state index >= 15 is 0 Å². The number of rotatable bonds is 1. The van der Waals surface area contributed by atoms with Crippen LogP contribution in [0.3, 0.4) is 0 Å². The Labute approximate surface area is 93.4 Å². The minimum absolute atomic E-state index is 0.0172. The summed E-state index contributed by atoms with van der Waals surface area (Å²) in [7, 11) is 0. The summed E-state index contributed by atoms with van der Waals surface area (Å²) in [6, 6.07) is 1.86. The topological polar surface area (TPSA) is 46.2 Å². The van der Waals surface area contributed by atoms with E-state index in [0.29, 0.717) is 0 Å². The second-order valence-electron chi connectivity index (χ2n) is 2.84. The van der Waals surface area contributed by atoms with Crippen LogP contribution >= 0.6 is 23.2 Å². The van der Waals surface area contributed by atoms with Crippen molar-refractivity contribution in [3.63, 3.8) is 0 Å². The summed E-state index contributed by atoms with van der Waals surface area (Å²) in [6.45, 7) is 0. The monoisotopic (exact) mass is 259 g/mol. The van der Waals surface area contributed by atoms with Crippen LogP contribution in [-0.4, -0.2) is 11.3 Å². The lowest BCUT2D eigenvalue weighted by Crippen LogP contribution is -2.20. The number of benzene rings is 1. The normalized spacial score (nSPS) is 14.0. The Morgan fingerprint density at radius 2 is 1.60 bits per heavy atom. The number of nitrogens with two attached hydrogens (primary N) is 1. The highest BCUT2D eigenvalue weighted by molar-refractivity contribution is 6.38. The van der Waals surface area contributed by atoms with E-state index in [9.17, 15) is 13.2 Å². The van der Waals surface area contributed by atoms with Crippen molar-refractivity contribution in [3.05, 3.63) is 27.7 Å². The third-order valence-electron chi connectivity index (χ3n) is 1.73. The summed E-state index contributed by atoms with van der Waals surface area (Å²) in [5, 5.41) is 8.67. The Kier molecular flexibility index (Phi) is 3.38. The van der Waals surface area contributed by atoms with Crippen LogP contribution in [0.4, 0.5) is 18.9 Å². The van der Waals surface area contributed by atoms with Gasteiger partial charge in [0.25, 0.3) is 0 Å². The summed E-state index contributed by atoms with van der Waals surface area (Å²) < 4.78 is 36.4. The maximum absolute atomic E-state index is 12.1. The molecule has 7 heteroatoms. The molecule has 0 saturated heterocycles. The summed E-state index contributed by atoms with van der Waals surface area (Å²) in [5.74, 6) is 0. The van der Waals surface area contributed by atoms with Gasteiger partial charge in [0.1, 0.15) is 0 Å². The molecule has 3 N–H and O–H groups in total. The standard InChI is InChI=1S/C8H6Cl2F3NO/c9-4-1-3(2-5(10)6(4)14)7(15)8(11,12)13/h1-2,7,15H,14H2/t7-/m1/s1. The molecule has 1 atom stereocenters. The lowest BCUT2D eigenvalue weighted by Gasteiger charge is -2.16. The van der Waals surface area contributed by atoms with E-state index in [1.54, 1.807) is 0 Å². The molecule has 1 aromatic carbocycles. The maximum atomic E-state index is 12.1. The number of hydrogen-bond acceptors (Lipinski definition) is 2. The average molecular weight is 260 g/mol. The predicted molar refractivity (Wildman–Crippen MR) is 51.9 cm³/mol. The molecule has 0 saturated carbocycles. The molecule has 1 aromatic rings. The molecule has 0 aliphatic heterocycles. The predicted octanol–water partition coefficient (Wildman–Crippen LogP) is 3.17. The number of nitrogen functional groups attached to an aromatic ring is 1. The molecule has 0 aromatic heterocycles. The van der Waals surface area contributed by atoms with Crippen LogP contribution in [-0.2, 0) is 0 Å². The fourth-order valence-corrected chi connectivity index (χ4v) is 1.45. The molecule has 0 heterocycles. The van der Waals surface area contributed by atoms with Gasteiger partial charge in [-0.3, -0.25) is 0 Å². The van der Waals surface area contributed by atoms with Gasteiger partial charge in [-0.05, 0) is 17.7 Å². The van der Waals surface area contributed by atoms with Crippen molar-refractivity contribution in [2.24, 2.45) is 0 Å². The average Bonchev–Trinajstić information content (AvgIpc) is 2.10. The Hall–Kier alpha value is -0.650. The van der Waals surface area contributed by atoms with E-state index in [1.807, 2.05) is 0 Å². The first-order valence-corrected chi connectivity index (χ1v) is 4.48. The largest absolute Gasteiger partial charge is 0.418 e. The zero-order valence-corrected chi connectivity index (χ0v) is 8.66. The molecule has 0 unspecified atom stereocenters. The Balaban J connectivity index is 3.17. The molecule has 2 nitrogen and oxygen atoms in total. The molecular formula is C8H6Cl2F3NO. The molecule has 84 valence electrons. The number of aliphatic hydroxyl groups is 1. The highest BCUT2D eigenvalue weighted by Gasteiger charge is 2.39. The maximum Gasteiger partial charge on any atom is 0.418 e. The fourth-order valence-electron chi connectivity index (χ4n) is 0.951. The smallest absolute Gasteiger partial charge is 0.396 e. The molecule has 0 amide bonds. The third-order valence-corrected chi connectivity index (χ3v) is 2.35. The van der Waals surface area contributed by atoms with E-state index < -0.39 is 17.8 Å². The minimum atomic E-state index is -4.76. The first kappa shape index (κ1) is 12.4. The second-order valence-corrected chi connectivity index (χ2v) is 3.66. The number of hydrogen-bond donors (Lipinski definition) is 2. The Bertz CT molecular complexity index is 358. The van der Waals surface area contributed by atoms with Crippen molar-refractivity contribution in [3.8, 4) is 0 Å². The van der Waals surface area contributed by atoms with Crippen molar-refractivity contribution in [1.82, 2.24) is 0 Å². The Morgan fingerprint density at radius 1 is 1.20 bits per heavy atom. The minimum Gasteiger partial charge on any atom is -0.396 e. The molecule has 0 bridgehead atoms. The van der Waals surface area contributed by atoms with Gasteiger partial charge < -0.3 is 10.8 Å². The van der Waals surface area contributed by atoms with E-state index in [4.69, 9.17) is 34.0 Å². The van der Waals surface area contributed by atoms with Crippen LogP contribution < -0.4 is 5.73 Å². The van der Waals surface area contributed by atoms with Gasteiger partial charge in [-0.2, -0.15) is 13.2 Å². The van der Waals surface area contributed by atoms with Crippen molar-refractivity contribution >= 4 is 28.9 Å². The molecule has 1 rings (SSSR count). The van der Waals surface area contributed by atoms with Crippen LogP contribution in [0.15, 0.2) is 12.1 Å². The van der Waals surface area contributed by atoms with E-state index in [1.165, 1.54) is 0 Å². The first-order chi connectivity index (χ1) is 6.73. The summed E-state index contributed by atoms with van der Waals surface area (Å²) in [5.41, 5.74) is 4.88. The molecule has 0 fully saturated rings. The third kappa shape index (κ3) is 2.68. The number of alkyl halides is 3. The number of aliphatic hydroxyl groups excluding tert-OH is 1. The van der Waals surface area contributed by atoms with Gasteiger partial charge in [-0.25, -0.2) is 0 Å². The zero-order valence-electron chi connectivity index (χ0n) is 7.15. The Morgan fingerprint density at radius 3 is 1.93 bits per heavy atom. The van der Waals surface area contributed by atoms with E-state index in [0.717, 1.165) is 12.1 Å². The van der Waals surface area contributed by atoms with Gasteiger partial charge in [-0.15, -0.1) is 0 Å². The van der Waals surface area contributed by atoms with Crippen LogP contribution in [0.5, 0.6) is 0 Å². The van der Waals surface area contributed by atoms with Gasteiger partial charge in [-0.1, -0.05) is 23.2 Å². The number of anilines is 1. The van der Waals surface area contributed by atoms with Gasteiger partial charge in [0.15, 0.2) is 6.10 Å². The van der Waals surface area contributed by atoms with Gasteiger partial charge in [0.2, 0.25) is 0 Å².